The maximum absolute atomic E-state index is 9.64. The van der Waals surface area contributed by atoms with Crippen LogP contribution in [-0.2, 0) is 4.74 Å². The fourth-order valence-corrected chi connectivity index (χ4v) is 1.54. The van der Waals surface area contributed by atoms with Gasteiger partial charge in [0.05, 0.1) is 12.2 Å². The van der Waals surface area contributed by atoms with E-state index in [1.54, 1.807) is 6.92 Å². The quantitative estimate of drug-likeness (QED) is 0.549. The first-order valence-electron chi connectivity index (χ1n) is 4.64. The SMILES string of the molecule is CC(C)[C@H](O)[C@H]1O[C@@H](C)[C@H](O)[C@@H]1O. The molecular weight excluding hydrogens is 172 g/mol. The van der Waals surface area contributed by atoms with E-state index in [9.17, 15) is 15.3 Å². The summed E-state index contributed by atoms with van der Waals surface area (Å²) in [5.41, 5.74) is 0. The van der Waals surface area contributed by atoms with Crippen molar-refractivity contribution in [3.63, 3.8) is 0 Å². The largest absolute Gasteiger partial charge is 0.390 e. The van der Waals surface area contributed by atoms with Gasteiger partial charge in [0.1, 0.15) is 18.3 Å². The van der Waals surface area contributed by atoms with Crippen LogP contribution in [0, 0.1) is 5.92 Å². The lowest BCUT2D eigenvalue weighted by Crippen LogP contribution is -2.41. The van der Waals surface area contributed by atoms with Gasteiger partial charge >= 0.3 is 0 Å². The van der Waals surface area contributed by atoms with Gasteiger partial charge in [-0.15, -0.1) is 0 Å². The van der Waals surface area contributed by atoms with E-state index in [2.05, 4.69) is 0 Å². The summed E-state index contributed by atoms with van der Waals surface area (Å²) in [6, 6.07) is 0. The second kappa shape index (κ2) is 3.92. The van der Waals surface area contributed by atoms with Crippen LogP contribution >= 0.6 is 0 Å². The van der Waals surface area contributed by atoms with E-state index in [1.807, 2.05) is 13.8 Å². The highest BCUT2D eigenvalue weighted by molar-refractivity contribution is 4.92. The molecule has 5 atom stereocenters. The van der Waals surface area contributed by atoms with Gasteiger partial charge in [-0.25, -0.2) is 0 Å². The summed E-state index contributed by atoms with van der Waals surface area (Å²) in [6.07, 6.45) is -3.67. The van der Waals surface area contributed by atoms with Crippen molar-refractivity contribution >= 4 is 0 Å². The Kier molecular flexibility index (Phi) is 3.29. The molecule has 0 amide bonds. The van der Waals surface area contributed by atoms with Crippen LogP contribution in [0.2, 0.25) is 0 Å². The Labute approximate surface area is 78.1 Å². The number of rotatable bonds is 2. The number of hydrogen-bond donors (Lipinski definition) is 3. The first kappa shape index (κ1) is 10.9. The van der Waals surface area contributed by atoms with Crippen LogP contribution in [0.15, 0.2) is 0 Å². The molecule has 1 fully saturated rings. The molecule has 0 spiro atoms. The van der Waals surface area contributed by atoms with E-state index in [-0.39, 0.29) is 5.92 Å². The third-order valence-corrected chi connectivity index (χ3v) is 2.56. The third-order valence-electron chi connectivity index (χ3n) is 2.56. The number of aliphatic hydroxyl groups is 3. The molecule has 1 saturated heterocycles. The molecule has 3 N–H and O–H groups in total. The molecule has 0 aliphatic carbocycles. The molecule has 13 heavy (non-hydrogen) atoms. The minimum absolute atomic E-state index is 0.0112. The van der Waals surface area contributed by atoms with Gasteiger partial charge in [-0.2, -0.15) is 0 Å². The Balaban J connectivity index is 2.62. The lowest BCUT2D eigenvalue weighted by atomic mass is 9.97. The predicted molar refractivity (Wildman–Crippen MR) is 47.2 cm³/mol. The van der Waals surface area contributed by atoms with Crippen molar-refractivity contribution in [3.8, 4) is 0 Å². The Morgan fingerprint density at radius 3 is 2.00 bits per heavy atom. The van der Waals surface area contributed by atoms with Gasteiger partial charge in [0.2, 0.25) is 0 Å². The van der Waals surface area contributed by atoms with Crippen LogP contribution in [0.5, 0.6) is 0 Å². The number of aliphatic hydroxyl groups excluding tert-OH is 3. The first-order valence-corrected chi connectivity index (χ1v) is 4.64. The number of hydrogen-bond acceptors (Lipinski definition) is 4. The van der Waals surface area contributed by atoms with Crippen molar-refractivity contribution in [3.05, 3.63) is 0 Å². The molecule has 1 aliphatic rings. The van der Waals surface area contributed by atoms with Gasteiger partial charge < -0.3 is 20.1 Å². The smallest absolute Gasteiger partial charge is 0.113 e. The topological polar surface area (TPSA) is 69.9 Å². The van der Waals surface area contributed by atoms with Gasteiger partial charge in [0.15, 0.2) is 0 Å². The Bertz CT molecular complexity index is 167. The Morgan fingerprint density at radius 2 is 1.69 bits per heavy atom. The first-order chi connectivity index (χ1) is 5.95. The second-order valence-electron chi connectivity index (χ2n) is 4.02. The van der Waals surface area contributed by atoms with Crippen molar-refractivity contribution in [2.45, 2.75) is 51.3 Å². The summed E-state index contributed by atoms with van der Waals surface area (Å²) in [7, 11) is 0. The van der Waals surface area contributed by atoms with E-state index in [0.29, 0.717) is 0 Å². The van der Waals surface area contributed by atoms with E-state index < -0.39 is 30.5 Å². The lowest BCUT2D eigenvalue weighted by Gasteiger charge is -2.23. The molecular formula is C9H18O4. The molecule has 0 saturated carbocycles. The highest BCUT2D eigenvalue weighted by Crippen LogP contribution is 2.25. The molecule has 4 heteroatoms. The van der Waals surface area contributed by atoms with Gasteiger partial charge in [-0.3, -0.25) is 0 Å². The second-order valence-corrected chi connectivity index (χ2v) is 4.02. The predicted octanol–water partition coefficient (Wildman–Crippen LogP) is -0.488. The summed E-state index contributed by atoms with van der Waals surface area (Å²) in [5.74, 6) is 0.0112. The summed E-state index contributed by atoms with van der Waals surface area (Å²) in [5, 5.41) is 28.5. The van der Waals surface area contributed by atoms with E-state index >= 15 is 0 Å². The standard InChI is InChI=1S/C9H18O4/c1-4(2)6(10)9-8(12)7(11)5(3)13-9/h4-12H,1-3H3/t5-,6-,7-,8-,9+/m0/s1. The summed E-state index contributed by atoms with van der Waals surface area (Å²) >= 11 is 0. The third kappa shape index (κ3) is 2.02. The molecule has 0 aromatic heterocycles. The van der Waals surface area contributed by atoms with Gasteiger partial charge in [-0.05, 0) is 12.8 Å². The van der Waals surface area contributed by atoms with E-state index in [1.165, 1.54) is 0 Å². The molecule has 0 aromatic carbocycles. The molecule has 0 unspecified atom stereocenters. The van der Waals surface area contributed by atoms with Gasteiger partial charge in [0.25, 0.3) is 0 Å². The van der Waals surface area contributed by atoms with Crippen LogP contribution < -0.4 is 0 Å². The molecule has 0 aromatic rings. The van der Waals surface area contributed by atoms with Crippen molar-refractivity contribution < 1.29 is 20.1 Å². The summed E-state index contributed by atoms with van der Waals surface area (Å²) < 4.78 is 5.26. The minimum atomic E-state index is -0.979. The van der Waals surface area contributed by atoms with Crippen LogP contribution in [-0.4, -0.2) is 45.8 Å². The highest BCUT2D eigenvalue weighted by Gasteiger charge is 2.44. The monoisotopic (exact) mass is 190 g/mol. The van der Waals surface area contributed by atoms with Crippen molar-refractivity contribution in [2.75, 3.05) is 0 Å². The van der Waals surface area contributed by atoms with Gasteiger partial charge in [-0.1, -0.05) is 13.8 Å². The van der Waals surface area contributed by atoms with Crippen LogP contribution in [0.25, 0.3) is 0 Å². The van der Waals surface area contributed by atoms with Crippen molar-refractivity contribution in [1.29, 1.82) is 0 Å². The lowest BCUT2D eigenvalue weighted by molar-refractivity contribution is -0.0780. The van der Waals surface area contributed by atoms with Crippen molar-refractivity contribution in [1.82, 2.24) is 0 Å². The molecule has 0 radical (unpaired) electrons. The maximum atomic E-state index is 9.64. The van der Waals surface area contributed by atoms with Crippen LogP contribution in [0.3, 0.4) is 0 Å². The van der Waals surface area contributed by atoms with Crippen LogP contribution in [0.1, 0.15) is 20.8 Å². The fraction of sp³-hybridized carbons (Fsp3) is 1.00. The molecule has 1 aliphatic heterocycles. The molecule has 1 heterocycles. The average molecular weight is 190 g/mol. The zero-order valence-electron chi connectivity index (χ0n) is 8.21. The van der Waals surface area contributed by atoms with E-state index in [4.69, 9.17) is 4.74 Å². The van der Waals surface area contributed by atoms with Crippen molar-refractivity contribution in [2.24, 2.45) is 5.92 Å². The number of ether oxygens (including phenoxy) is 1. The molecule has 0 bridgehead atoms. The maximum Gasteiger partial charge on any atom is 0.113 e. The Morgan fingerprint density at radius 1 is 1.15 bits per heavy atom. The summed E-state index contributed by atoms with van der Waals surface area (Å²) in [6.45, 7) is 5.37. The zero-order chi connectivity index (χ0) is 10.2. The molecule has 78 valence electrons. The fourth-order valence-electron chi connectivity index (χ4n) is 1.54. The minimum Gasteiger partial charge on any atom is -0.390 e. The van der Waals surface area contributed by atoms with Crippen LogP contribution in [0.4, 0.5) is 0 Å². The average Bonchev–Trinajstić information content (AvgIpc) is 2.31. The molecule has 1 rings (SSSR count). The zero-order valence-corrected chi connectivity index (χ0v) is 8.21. The van der Waals surface area contributed by atoms with E-state index in [0.717, 1.165) is 0 Å². The Hall–Kier alpha value is -0.160. The normalized spacial score (nSPS) is 42.7. The summed E-state index contributed by atoms with van der Waals surface area (Å²) in [4.78, 5) is 0. The van der Waals surface area contributed by atoms with Gasteiger partial charge in [0, 0.05) is 0 Å². The molecule has 4 nitrogen and oxygen atoms in total. The highest BCUT2D eigenvalue weighted by atomic mass is 16.6.